The fourth-order valence-electron chi connectivity index (χ4n) is 1.57. The van der Waals surface area contributed by atoms with Crippen LogP contribution in [0.5, 0.6) is 0 Å². The molecule has 0 atom stereocenters. The van der Waals surface area contributed by atoms with Gasteiger partial charge in [-0.1, -0.05) is 25.4 Å². The van der Waals surface area contributed by atoms with Gasteiger partial charge in [-0.2, -0.15) is 0 Å². The van der Waals surface area contributed by atoms with Gasteiger partial charge in [-0.05, 0) is 30.9 Å². The van der Waals surface area contributed by atoms with E-state index in [-0.39, 0.29) is 17.3 Å². The van der Waals surface area contributed by atoms with Crippen LogP contribution in [0.15, 0.2) is 17.0 Å². The summed E-state index contributed by atoms with van der Waals surface area (Å²) in [5.41, 5.74) is 5.58. The molecule has 0 fully saturated rings. The summed E-state index contributed by atoms with van der Waals surface area (Å²) in [5, 5.41) is -0.303. The number of nitrogens with one attached hydrogen (secondary N) is 1. The molecule has 0 unspecified atom stereocenters. The molecule has 1 aromatic carbocycles. The van der Waals surface area contributed by atoms with Gasteiger partial charge in [0.15, 0.2) is 5.82 Å². The molecule has 0 saturated heterocycles. The minimum atomic E-state index is -3.92. The van der Waals surface area contributed by atoms with E-state index in [1.165, 1.54) is 6.07 Å². The highest BCUT2D eigenvalue weighted by Crippen LogP contribution is 2.25. The minimum Gasteiger partial charge on any atom is -0.399 e. The van der Waals surface area contributed by atoms with Gasteiger partial charge in [0.05, 0.1) is 5.02 Å². The van der Waals surface area contributed by atoms with Crippen LogP contribution in [0.25, 0.3) is 0 Å². The molecule has 0 radical (unpaired) electrons. The number of anilines is 1. The van der Waals surface area contributed by atoms with Crippen LogP contribution in [-0.4, -0.2) is 15.0 Å². The van der Waals surface area contributed by atoms with E-state index in [4.69, 9.17) is 17.3 Å². The van der Waals surface area contributed by atoms with E-state index in [9.17, 15) is 12.8 Å². The van der Waals surface area contributed by atoms with Crippen LogP contribution in [0.1, 0.15) is 26.7 Å². The van der Waals surface area contributed by atoms with Gasteiger partial charge in [-0.25, -0.2) is 17.5 Å². The Morgan fingerprint density at radius 3 is 2.63 bits per heavy atom. The molecule has 0 aliphatic heterocycles. The number of sulfonamides is 1. The van der Waals surface area contributed by atoms with E-state index in [2.05, 4.69) is 4.72 Å². The van der Waals surface area contributed by atoms with Crippen molar-refractivity contribution in [3.63, 3.8) is 0 Å². The first-order chi connectivity index (χ1) is 8.74. The van der Waals surface area contributed by atoms with Gasteiger partial charge in [0.1, 0.15) is 4.90 Å². The van der Waals surface area contributed by atoms with Crippen LogP contribution in [-0.2, 0) is 10.0 Å². The summed E-state index contributed by atoms with van der Waals surface area (Å²) < 4.78 is 39.9. The Kier molecular flexibility index (Phi) is 5.58. The van der Waals surface area contributed by atoms with Crippen molar-refractivity contribution in [1.82, 2.24) is 4.72 Å². The van der Waals surface area contributed by atoms with Gasteiger partial charge in [0.25, 0.3) is 0 Å². The van der Waals surface area contributed by atoms with Gasteiger partial charge in [0.2, 0.25) is 10.0 Å². The lowest BCUT2D eigenvalue weighted by Gasteiger charge is -2.10. The highest BCUT2D eigenvalue weighted by atomic mass is 35.5. The Morgan fingerprint density at radius 2 is 2.05 bits per heavy atom. The molecule has 0 aliphatic carbocycles. The van der Waals surface area contributed by atoms with E-state index in [1.54, 1.807) is 0 Å². The number of benzene rings is 1. The van der Waals surface area contributed by atoms with Crippen LogP contribution >= 0.6 is 11.6 Å². The molecule has 0 saturated carbocycles. The summed E-state index contributed by atoms with van der Waals surface area (Å²) in [4.78, 5) is -0.512. The van der Waals surface area contributed by atoms with E-state index >= 15 is 0 Å². The van der Waals surface area contributed by atoms with Crippen molar-refractivity contribution in [2.45, 2.75) is 31.6 Å². The lowest BCUT2D eigenvalue weighted by Crippen LogP contribution is -2.26. The van der Waals surface area contributed by atoms with Crippen molar-refractivity contribution in [2.75, 3.05) is 12.3 Å². The number of hydrogen-bond acceptors (Lipinski definition) is 3. The topological polar surface area (TPSA) is 72.2 Å². The third kappa shape index (κ3) is 4.63. The van der Waals surface area contributed by atoms with Gasteiger partial charge < -0.3 is 5.73 Å². The van der Waals surface area contributed by atoms with Crippen molar-refractivity contribution in [3.8, 4) is 0 Å². The summed E-state index contributed by atoms with van der Waals surface area (Å²) in [6.45, 7) is 4.35. The number of nitrogens with two attached hydrogens (primary N) is 1. The Hall–Kier alpha value is -0.850. The number of halogens is 2. The maximum absolute atomic E-state index is 13.7. The second-order valence-electron chi connectivity index (χ2n) is 4.75. The highest BCUT2D eigenvalue weighted by Gasteiger charge is 2.21. The van der Waals surface area contributed by atoms with Gasteiger partial charge >= 0.3 is 0 Å². The summed E-state index contributed by atoms with van der Waals surface area (Å²) in [5.74, 6) is -0.490. The van der Waals surface area contributed by atoms with Crippen molar-refractivity contribution in [3.05, 3.63) is 23.0 Å². The molecule has 0 heterocycles. The standard InChI is InChI=1S/C12H18ClFN2O2S/c1-8(2)4-3-5-16-19(17,18)11-7-9(15)6-10(13)12(11)14/h6-8,16H,3-5,15H2,1-2H3. The Bertz CT molecular complexity index is 547. The van der Waals surface area contributed by atoms with Gasteiger partial charge in [-0.15, -0.1) is 0 Å². The van der Waals surface area contributed by atoms with Crippen LogP contribution in [0, 0.1) is 11.7 Å². The second-order valence-corrected chi connectivity index (χ2v) is 6.89. The Balaban J connectivity index is 2.83. The molecular formula is C12H18ClFN2O2S. The average Bonchev–Trinajstić information content (AvgIpc) is 2.29. The number of nitrogen functional groups attached to an aromatic ring is 1. The smallest absolute Gasteiger partial charge is 0.243 e. The quantitative estimate of drug-likeness (QED) is 0.627. The zero-order valence-electron chi connectivity index (χ0n) is 10.9. The van der Waals surface area contributed by atoms with Crippen LogP contribution in [0.3, 0.4) is 0 Å². The number of rotatable bonds is 6. The van der Waals surface area contributed by atoms with Gasteiger partial charge in [-0.3, -0.25) is 0 Å². The van der Waals surface area contributed by atoms with Crippen molar-refractivity contribution >= 4 is 27.3 Å². The SMILES string of the molecule is CC(C)CCCNS(=O)(=O)c1cc(N)cc(Cl)c1F. The molecule has 7 heteroatoms. The van der Waals surface area contributed by atoms with E-state index < -0.39 is 20.7 Å². The molecule has 0 amide bonds. The van der Waals surface area contributed by atoms with Crippen molar-refractivity contribution in [1.29, 1.82) is 0 Å². The van der Waals surface area contributed by atoms with Gasteiger partial charge in [0, 0.05) is 12.2 Å². The largest absolute Gasteiger partial charge is 0.399 e. The van der Waals surface area contributed by atoms with E-state index in [0.29, 0.717) is 12.3 Å². The van der Waals surface area contributed by atoms with E-state index in [0.717, 1.165) is 12.5 Å². The molecule has 19 heavy (non-hydrogen) atoms. The maximum Gasteiger partial charge on any atom is 0.243 e. The second kappa shape index (κ2) is 6.54. The van der Waals surface area contributed by atoms with Crippen LogP contribution in [0.4, 0.5) is 10.1 Å². The highest BCUT2D eigenvalue weighted by molar-refractivity contribution is 7.89. The van der Waals surface area contributed by atoms with Crippen molar-refractivity contribution < 1.29 is 12.8 Å². The zero-order valence-corrected chi connectivity index (χ0v) is 12.5. The normalized spacial score (nSPS) is 12.1. The lowest BCUT2D eigenvalue weighted by molar-refractivity contribution is 0.533. The maximum atomic E-state index is 13.7. The molecule has 4 nitrogen and oxygen atoms in total. The number of hydrogen-bond donors (Lipinski definition) is 2. The third-order valence-electron chi connectivity index (χ3n) is 2.56. The molecule has 3 N–H and O–H groups in total. The summed E-state index contributed by atoms with van der Waals surface area (Å²) in [7, 11) is -3.92. The predicted octanol–water partition coefficient (Wildman–Crippen LogP) is 2.78. The fraction of sp³-hybridized carbons (Fsp3) is 0.500. The molecule has 108 valence electrons. The first-order valence-electron chi connectivity index (χ1n) is 5.98. The molecule has 1 aromatic rings. The lowest BCUT2D eigenvalue weighted by atomic mass is 10.1. The van der Waals surface area contributed by atoms with Crippen molar-refractivity contribution in [2.24, 2.45) is 5.92 Å². The molecule has 0 aromatic heterocycles. The van der Waals surface area contributed by atoms with Crippen LogP contribution < -0.4 is 10.5 Å². The minimum absolute atomic E-state index is 0.106. The molecular weight excluding hydrogens is 291 g/mol. The van der Waals surface area contributed by atoms with E-state index in [1.807, 2.05) is 13.8 Å². The predicted molar refractivity (Wildman–Crippen MR) is 75.1 cm³/mol. The molecule has 0 aliphatic rings. The van der Waals surface area contributed by atoms with Crippen LogP contribution in [0.2, 0.25) is 5.02 Å². The summed E-state index contributed by atoms with van der Waals surface area (Å²) in [6, 6.07) is 2.24. The summed E-state index contributed by atoms with van der Waals surface area (Å²) >= 11 is 5.58. The molecule has 0 spiro atoms. The first kappa shape index (κ1) is 16.2. The zero-order chi connectivity index (χ0) is 14.6. The monoisotopic (exact) mass is 308 g/mol. The Morgan fingerprint density at radius 1 is 1.42 bits per heavy atom. The Labute approximate surface area is 118 Å². The summed E-state index contributed by atoms with van der Waals surface area (Å²) in [6.07, 6.45) is 1.58. The average molecular weight is 309 g/mol. The fourth-order valence-corrected chi connectivity index (χ4v) is 3.06. The molecule has 1 rings (SSSR count). The molecule has 0 bridgehead atoms. The first-order valence-corrected chi connectivity index (χ1v) is 7.84. The third-order valence-corrected chi connectivity index (χ3v) is 4.29.